The Morgan fingerprint density at radius 3 is 2.25 bits per heavy atom. The molecule has 3 nitrogen and oxygen atoms in total. The molecule has 20 heavy (non-hydrogen) atoms. The van der Waals surface area contributed by atoms with Crippen molar-refractivity contribution in [2.75, 3.05) is 11.1 Å². The van der Waals surface area contributed by atoms with Gasteiger partial charge in [0.25, 0.3) is 5.91 Å². The van der Waals surface area contributed by atoms with Crippen LogP contribution in [0.3, 0.4) is 0 Å². The van der Waals surface area contributed by atoms with Crippen molar-refractivity contribution in [2.45, 2.75) is 6.92 Å². The number of benzene rings is 2. The van der Waals surface area contributed by atoms with Gasteiger partial charge in [-0.2, -0.15) is 0 Å². The normalized spacial score (nSPS) is 10.4. The van der Waals surface area contributed by atoms with Gasteiger partial charge in [0, 0.05) is 5.56 Å². The van der Waals surface area contributed by atoms with E-state index in [0.29, 0.717) is 0 Å². The Balaban J connectivity index is 2.31. The number of halogens is 3. The molecule has 0 aliphatic heterocycles. The highest BCUT2D eigenvalue weighted by Crippen LogP contribution is 2.20. The van der Waals surface area contributed by atoms with E-state index in [-0.39, 0.29) is 11.3 Å². The number of nitrogens with one attached hydrogen (secondary N) is 1. The predicted molar refractivity (Wildman–Crippen MR) is 69.9 cm³/mol. The Kier molecular flexibility index (Phi) is 3.65. The Labute approximate surface area is 113 Å². The Bertz CT molecular complexity index is 663. The number of rotatable bonds is 2. The average Bonchev–Trinajstić information content (AvgIpc) is 2.39. The van der Waals surface area contributed by atoms with E-state index in [4.69, 9.17) is 5.73 Å². The van der Waals surface area contributed by atoms with Crippen LogP contribution >= 0.6 is 0 Å². The fourth-order valence-electron chi connectivity index (χ4n) is 1.64. The smallest absolute Gasteiger partial charge is 0.255 e. The number of carbonyl (C=O) groups is 1. The van der Waals surface area contributed by atoms with Gasteiger partial charge in [0.1, 0.15) is 23.1 Å². The monoisotopic (exact) mass is 280 g/mol. The van der Waals surface area contributed by atoms with Gasteiger partial charge in [-0.3, -0.25) is 4.79 Å². The number of aryl methyl sites for hydroxylation is 1. The number of hydrogen-bond donors (Lipinski definition) is 2. The lowest BCUT2D eigenvalue weighted by Gasteiger charge is -2.08. The zero-order valence-electron chi connectivity index (χ0n) is 10.5. The SMILES string of the molecule is Cc1ccc(F)c(NC(=O)c2cc(F)c(N)c(F)c2)c1. The van der Waals surface area contributed by atoms with E-state index in [1.165, 1.54) is 18.2 Å². The van der Waals surface area contributed by atoms with Crippen LogP contribution in [0.15, 0.2) is 30.3 Å². The molecule has 1 amide bonds. The number of anilines is 2. The first-order valence-electron chi connectivity index (χ1n) is 5.70. The number of nitrogen functional groups attached to an aromatic ring is 1. The van der Waals surface area contributed by atoms with Gasteiger partial charge in [0.05, 0.1) is 5.69 Å². The summed E-state index contributed by atoms with van der Waals surface area (Å²) < 4.78 is 40.0. The van der Waals surface area contributed by atoms with Gasteiger partial charge in [-0.25, -0.2) is 13.2 Å². The molecule has 0 aliphatic rings. The van der Waals surface area contributed by atoms with E-state index in [9.17, 15) is 18.0 Å². The van der Waals surface area contributed by atoms with Crippen LogP contribution in [-0.4, -0.2) is 5.91 Å². The summed E-state index contributed by atoms with van der Waals surface area (Å²) in [5.41, 5.74) is 4.83. The average molecular weight is 280 g/mol. The quantitative estimate of drug-likeness (QED) is 0.830. The second-order valence-electron chi connectivity index (χ2n) is 4.29. The van der Waals surface area contributed by atoms with Crippen molar-refractivity contribution >= 4 is 17.3 Å². The Morgan fingerprint density at radius 1 is 1.05 bits per heavy atom. The molecule has 2 rings (SSSR count). The van der Waals surface area contributed by atoms with Crippen molar-refractivity contribution in [3.63, 3.8) is 0 Å². The van der Waals surface area contributed by atoms with E-state index in [1.807, 2.05) is 0 Å². The maximum absolute atomic E-state index is 13.5. The van der Waals surface area contributed by atoms with Crippen LogP contribution in [0.1, 0.15) is 15.9 Å². The lowest BCUT2D eigenvalue weighted by atomic mass is 10.1. The predicted octanol–water partition coefficient (Wildman–Crippen LogP) is 3.25. The number of carbonyl (C=O) groups excluding carboxylic acids is 1. The topological polar surface area (TPSA) is 55.1 Å². The molecule has 0 aliphatic carbocycles. The molecular formula is C14H11F3N2O. The van der Waals surface area contributed by atoms with E-state index in [1.54, 1.807) is 6.92 Å². The third-order valence-electron chi connectivity index (χ3n) is 2.71. The lowest BCUT2D eigenvalue weighted by molar-refractivity contribution is 0.102. The third kappa shape index (κ3) is 2.74. The van der Waals surface area contributed by atoms with Crippen LogP contribution in [0.4, 0.5) is 24.5 Å². The van der Waals surface area contributed by atoms with Gasteiger partial charge in [-0.05, 0) is 36.8 Å². The second kappa shape index (κ2) is 5.24. The minimum Gasteiger partial charge on any atom is -0.394 e. The number of amides is 1. The van der Waals surface area contributed by atoms with Crippen molar-refractivity contribution in [2.24, 2.45) is 0 Å². The Morgan fingerprint density at radius 2 is 1.65 bits per heavy atom. The number of hydrogen-bond acceptors (Lipinski definition) is 2. The van der Waals surface area contributed by atoms with Crippen LogP contribution in [0, 0.1) is 24.4 Å². The van der Waals surface area contributed by atoms with Gasteiger partial charge < -0.3 is 11.1 Å². The van der Waals surface area contributed by atoms with E-state index >= 15 is 0 Å². The van der Waals surface area contributed by atoms with Crippen LogP contribution in [0.2, 0.25) is 0 Å². The molecule has 2 aromatic rings. The molecule has 104 valence electrons. The third-order valence-corrected chi connectivity index (χ3v) is 2.71. The van der Waals surface area contributed by atoms with Crippen molar-refractivity contribution < 1.29 is 18.0 Å². The molecule has 0 saturated heterocycles. The first kappa shape index (κ1) is 13.9. The summed E-state index contributed by atoms with van der Waals surface area (Å²) in [5, 5.41) is 2.25. The fourth-order valence-corrected chi connectivity index (χ4v) is 1.64. The minimum atomic E-state index is -1.04. The van der Waals surface area contributed by atoms with Gasteiger partial charge in [0.2, 0.25) is 0 Å². The molecular weight excluding hydrogens is 269 g/mol. The molecule has 0 heterocycles. The van der Waals surface area contributed by atoms with Crippen molar-refractivity contribution in [1.82, 2.24) is 0 Å². The van der Waals surface area contributed by atoms with Crippen molar-refractivity contribution in [3.8, 4) is 0 Å². The first-order chi connectivity index (χ1) is 9.38. The second-order valence-corrected chi connectivity index (χ2v) is 4.29. The molecule has 0 fully saturated rings. The van der Waals surface area contributed by atoms with E-state index in [2.05, 4.69) is 5.32 Å². The minimum absolute atomic E-state index is 0.0624. The molecule has 0 atom stereocenters. The van der Waals surface area contributed by atoms with Crippen molar-refractivity contribution in [1.29, 1.82) is 0 Å². The zero-order chi connectivity index (χ0) is 14.9. The van der Waals surface area contributed by atoms with Crippen LogP contribution in [0.25, 0.3) is 0 Å². The molecule has 0 bridgehead atoms. The molecule has 6 heteroatoms. The van der Waals surface area contributed by atoms with Gasteiger partial charge in [-0.1, -0.05) is 6.07 Å². The summed E-state index contributed by atoms with van der Waals surface area (Å²) in [4.78, 5) is 11.8. The summed E-state index contributed by atoms with van der Waals surface area (Å²) in [6, 6.07) is 5.72. The highest BCUT2D eigenvalue weighted by Gasteiger charge is 2.14. The first-order valence-corrected chi connectivity index (χ1v) is 5.70. The van der Waals surface area contributed by atoms with Crippen LogP contribution in [0.5, 0.6) is 0 Å². The standard InChI is InChI=1S/C14H11F3N2O/c1-7-2-3-9(15)12(4-7)19-14(20)8-5-10(16)13(18)11(17)6-8/h2-6H,18H2,1H3,(H,19,20). The number of nitrogens with two attached hydrogens (primary N) is 1. The maximum Gasteiger partial charge on any atom is 0.255 e. The molecule has 2 aromatic carbocycles. The fraction of sp³-hybridized carbons (Fsp3) is 0.0714. The van der Waals surface area contributed by atoms with Gasteiger partial charge in [0.15, 0.2) is 0 Å². The summed E-state index contributed by atoms with van der Waals surface area (Å²) in [6.45, 7) is 1.72. The largest absolute Gasteiger partial charge is 0.394 e. The van der Waals surface area contributed by atoms with Gasteiger partial charge >= 0.3 is 0 Å². The summed E-state index contributed by atoms with van der Waals surface area (Å²) in [5.74, 6) is -3.55. The summed E-state index contributed by atoms with van der Waals surface area (Å²) in [7, 11) is 0. The Hall–Kier alpha value is -2.50. The molecule has 0 saturated carbocycles. The van der Waals surface area contributed by atoms with E-state index in [0.717, 1.165) is 17.7 Å². The molecule has 0 radical (unpaired) electrons. The highest BCUT2D eigenvalue weighted by molar-refractivity contribution is 6.04. The summed E-state index contributed by atoms with van der Waals surface area (Å²) >= 11 is 0. The molecule has 0 spiro atoms. The zero-order valence-corrected chi connectivity index (χ0v) is 10.5. The lowest BCUT2D eigenvalue weighted by Crippen LogP contribution is -2.14. The maximum atomic E-state index is 13.5. The van der Waals surface area contributed by atoms with Gasteiger partial charge in [-0.15, -0.1) is 0 Å². The van der Waals surface area contributed by atoms with E-state index < -0.39 is 29.0 Å². The van der Waals surface area contributed by atoms with Crippen LogP contribution < -0.4 is 11.1 Å². The van der Waals surface area contributed by atoms with Crippen molar-refractivity contribution in [3.05, 3.63) is 58.9 Å². The highest BCUT2D eigenvalue weighted by atomic mass is 19.1. The molecule has 0 aromatic heterocycles. The summed E-state index contributed by atoms with van der Waals surface area (Å²) in [6.07, 6.45) is 0. The molecule has 0 unspecified atom stereocenters. The van der Waals surface area contributed by atoms with Crippen LogP contribution in [-0.2, 0) is 0 Å². The molecule has 3 N–H and O–H groups in total.